The van der Waals surface area contributed by atoms with Gasteiger partial charge in [-0.2, -0.15) is 0 Å². The molecule has 1 aromatic rings. The highest BCUT2D eigenvalue weighted by Crippen LogP contribution is 2.07. The van der Waals surface area contributed by atoms with Crippen molar-refractivity contribution in [1.29, 1.82) is 0 Å². The molecule has 106 valence electrons. The molecule has 2 rings (SSSR count). The first kappa shape index (κ1) is 14.5. The molecule has 0 spiro atoms. The molecule has 1 aliphatic rings. The number of morpholine rings is 1. The molecule has 0 bridgehead atoms. The Morgan fingerprint density at radius 3 is 2.58 bits per heavy atom. The smallest absolute Gasteiger partial charge is 0.0824 e. The molecule has 0 aliphatic carbocycles. The zero-order valence-electron chi connectivity index (χ0n) is 12.0. The van der Waals surface area contributed by atoms with E-state index in [0.717, 1.165) is 39.2 Å². The first-order valence-corrected chi connectivity index (χ1v) is 7.49. The molecule has 0 saturated carbocycles. The van der Waals surface area contributed by atoms with Crippen LogP contribution in [0.15, 0.2) is 24.3 Å². The largest absolute Gasteiger partial charge is 0.374 e. The number of ether oxygens (including phenoxy) is 1. The number of aryl methyl sites for hydroxylation is 1. The minimum Gasteiger partial charge on any atom is -0.374 e. The topological polar surface area (TPSA) is 33.3 Å². The van der Waals surface area contributed by atoms with Crippen LogP contribution in [-0.4, -0.2) is 38.9 Å². The molecular weight excluding hydrogens is 236 g/mol. The summed E-state index contributed by atoms with van der Waals surface area (Å²) in [5.74, 6) is 0. The van der Waals surface area contributed by atoms with Gasteiger partial charge in [-0.3, -0.25) is 0 Å². The predicted molar refractivity (Wildman–Crippen MR) is 79.6 cm³/mol. The quantitative estimate of drug-likeness (QED) is 0.735. The molecule has 1 heterocycles. The van der Waals surface area contributed by atoms with Gasteiger partial charge in [-0.05, 0) is 30.5 Å². The zero-order chi connectivity index (χ0) is 13.3. The van der Waals surface area contributed by atoms with Gasteiger partial charge in [-0.25, -0.2) is 0 Å². The van der Waals surface area contributed by atoms with Gasteiger partial charge in [0.25, 0.3) is 0 Å². The second-order valence-corrected chi connectivity index (χ2v) is 5.22. The fraction of sp³-hybridized carbons (Fsp3) is 0.625. The van der Waals surface area contributed by atoms with Gasteiger partial charge in [0, 0.05) is 19.6 Å². The van der Waals surface area contributed by atoms with Crippen molar-refractivity contribution in [3.63, 3.8) is 0 Å². The highest BCUT2D eigenvalue weighted by Gasteiger charge is 2.11. The summed E-state index contributed by atoms with van der Waals surface area (Å²) in [6, 6.07) is 9.02. The van der Waals surface area contributed by atoms with Crippen LogP contribution >= 0.6 is 0 Å². The van der Waals surface area contributed by atoms with Crippen LogP contribution < -0.4 is 10.6 Å². The van der Waals surface area contributed by atoms with E-state index in [9.17, 15) is 0 Å². The van der Waals surface area contributed by atoms with Crippen LogP contribution in [0.25, 0.3) is 0 Å². The van der Waals surface area contributed by atoms with Crippen LogP contribution in [0.3, 0.4) is 0 Å². The SMILES string of the molecule is CCCc1ccc(CCNCC2CNCCO2)cc1. The third kappa shape index (κ3) is 5.31. The first-order valence-electron chi connectivity index (χ1n) is 7.49. The van der Waals surface area contributed by atoms with Gasteiger partial charge in [-0.1, -0.05) is 37.6 Å². The summed E-state index contributed by atoms with van der Waals surface area (Å²) < 4.78 is 5.65. The summed E-state index contributed by atoms with van der Waals surface area (Å²) in [7, 11) is 0. The summed E-state index contributed by atoms with van der Waals surface area (Å²) >= 11 is 0. The van der Waals surface area contributed by atoms with E-state index >= 15 is 0 Å². The number of rotatable bonds is 7. The molecule has 1 unspecified atom stereocenters. The molecule has 2 N–H and O–H groups in total. The van der Waals surface area contributed by atoms with Crippen molar-refractivity contribution in [1.82, 2.24) is 10.6 Å². The third-order valence-corrected chi connectivity index (χ3v) is 3.53. The minimum absolute atomic E-state index is 0.334. The Labute approximate surface area is 116 Å². The number of nitrogens with one attached hydrogen (secondary N) is 2. The van der Waals surface area contributed by atoms with Crippen LogP contribution in [0.2, 0.25) is 0 Å². The van der Waals surface area contributed by atoms with Crippen LogP contribution in [-0.2, 0) is 17.6 Å². The monoisotopic (exact) mass is 262 g/mol. The summed E-state index contributed by atoms with van der Waals surface area (Å²) in [4.78, 5) is 0. The molecule has 1 aliphatic heterocycles. The number of benzene rings is 1. The summed E-state index contributed by atoms with van der Waals surface area (Å²) in [5, 5.41) is 6.82. The molecule has 1 fully saturated rings. The van der Waals surface area contributed by atoms with Crippen molar-refractivity contribution < 1.29 is 4.74 Å². The molecule has 1 saturated heterocycles. The lowest BCUT2D eigenvalue weighted by molar-refractivity contribution is 0.0294. The molecule has 0 amide bonds. The molecule has 3 nitrogen and oxygen atoms in total. The van der Waals surface area contributed by atoms with E-state index in [1.54, 1.807) is 0 Å². The van der Waals surface area contributed by atoms with Crippen LogP contribution in [0.4, 0.5) is 0 Å². The van der Waals surface area contributed by atoms with Gasteiger partial charge in [0.1, 0.15) is 0 Å². The first-order chi connectivity index (χ1) is 9.38. The van der Waals surface area contributed by atoms with Crippen molar-refractivity contribution in [2.45, 2.75) is 32.3 Å². The highest BCUT2D eigenvalue weighted by atomic mass is 16.5. The van der Waals surface area contributed by atoms with E-state index in [1.807, 2.05) is 0 Å². The predicted octanol–water partition coefficient (Wildman–Crippen LogP) is 1.76. The zero-order valence-corrected chi connectivity index (χ0v) is 12.0. The maximum Gasteiger partial charge on any atom is 0.0824 e. The molecule has 1 aromatic carbocycles. The van der Waals surface area contributed by atoms with Gasteiger partial charge in [0.15, 0.2) is 0 Å². The van der Waals surface area contributed by atoms with Crippen molar-refractivity contribution >= 4 is 0 Å². The van der Waals surface area contributed by atoms with Crippen LogP contribution in [0, 0.1) is 0 Å². The standard InChI is InChI=1S/C16H26N2O/c1-2-3-14-4-6-15(7-5-14)8-9-17-12-16-13-18-10-11-19-16/h4-7,16-18H,2-3,8-13H2,1H3. The van der Waals surface area contributed by atoms with Crippen LogP contribution in [0.1, 0.15) is 24.5 Å². The fourth-order valence-corrected chi connectivity index (χ4v) is 2.41. The summed E-state index contributed by atoms with van der Waals surface area (Å²) in [6.07, 6.45) is 3.83. The molecule has 0 aromatic heterocycles. The maximum absolute atomic E-state index is 5.65. The molecule has 1 atom stereocenters. The Kier molecular flexibility index (Phi) is 6.34. The fourth-order valence-electron chi connectivity index (χ4n) is 2.41. The second kappa shape index (κ2) is 8.31. The summed E-state index contributed by atoms with van der Waals surface area (Å²) in [6.45, 7) is 6.98. The van der Waals surface area contributed by atoms with E-state index < -0.39 is 0 Å². The van der Waals surface area contributed by atoms with Gasteiger partial charge in [0.05, 0.1) is 12.7 Å². The second-order valence-electron chi connectivity index (χ2n) is 5.22. The van der Waals surface area contributed by atoms with E-state index in [2.05, 4.69) is 41.8 Å². The lowest BCUT2D eigenvalue weighted by Crippen LogP contribution is -2.44. The van der Waals surface area contributed by atoms with E-state index in [4.69, 9.17) is 4.74 Å². The minimum atomic E-state index is 0.334. The molecule has 0 radical (unpaired) electrons. The highest BCUT2D eigenvalue weighted by molar-refractivity contribution is 5.22. The van der Waals surface area contributed by atoms with Crippen LogP contribution in [0.5, 0.6) is 0 Å². The Bertz CT molecular complexity index is 344. The normalized spacial score (nSPS) is 19.5. The van der Waals surface area contributed by atoms with Gasteiger partial charge in [0.2, 0.25) is 0 Å². The Morgan fingerprint density at radius 1 is 1.21 bits per heavy atom. The third-order valence-electron chi connectivity index (χ3n) is 3.53. The van der Waals surface area contributed by atoms with Crippen molar-refractivity contribution in [3.8, 4) is 0 Å². The van der Waals surface area contributed by atoms with Crippen molar-refractivity contribution in [2.24, 2.45) is 0 Å². The Hall–Kier alpha value is -0.900. The van der Waals surface area contributed by atoms with Crippen molar-refractivity contribution in [3.05, 3.63) is 35.4 Å². The Balaban J connectivity index is 1.62. The average Bonchev–Trinajstić information content (AvgIpc) is 2.47. The van der Waals surface area contributed by atoms with E-state index in [0.29, 0.717) is 6.10 Å². The number of hydrogen-bond acceptors (Lipinski definition) is 3. The molecular formula is C16H26N2O. The Morgan fingerprint density at radius 2 is 1.95 bits per heavy atom. The maximum atomic E-state index is 5.65. The van der Waals surface area contributed by atoms with Crippen molar-refractivity contribution in [2.75, 3.05) is 32.8 Å². The summed E-state index contributed by atoms with van der Waals surface area (Å²) in [5.41, 5.74) is 2.86. The molecule has 19 heavy (non-hydrogen) atoms. The molecule has 3 heteroatoms. The lowest BCUT2D eigenvalue weighted by atomic mass is 10.1. The van der Waals surface area contributed by atoms with Gasteiger partial charge in [-0.15, -0.1) is 0 Å². The average molecular weight is 262 g/mol. The van der Waals surface area contributed by atoms with Gasteiger partial charge < -0.3 is 15.4 Å². The lowest BCUT2D eigenvalue weighted by Gasteiger charge is -2.23. The van der Waals surface area contributed by atoms with E-state index in [-0.39, 0.29) is 0 Å². The van der Waals surface area contributed by atoms with Gasteiger partial charge >= 0.3 is 0 Å². The number of hydrogen-bond donors (Lipinski definition) is 2. The van der Waals surface area contributed by atoms with E-state index in [1.165, 1.54) is 24.0 Å².